The van der Waals surface area contributed by atoms with Crippen molar-refractivity contribution in [2.45, 2.75) is 18.8 Å². The third-order valence-electron chi connectivity index (χ3n) is 4.18. The van der Waals surface area contributed by atoms with Crippen LogP contribution in [-0.2, 0) is 24.5 Å². The van der Waals surface area contributed by atoms with Gasteiger partial charge in [-0.2, -0.15) is 5.26 Å². The van der Waals surface area contributed by atoms with E-state index in [0.717, 1.165) is 19.1 Å². The molecule has 7 nitrogen and oxygen atoms in total. The topological polar surface area (TPSA) is 96.7 Å². The summed E-state index contributed by atoms with van der Waals surface area (Å²) >= 11 is 0. The van der Waals surface area contributed by atoms with E-state index in [1.165, 1.54) is 0 Å². The molecule has 120 valence electrons. The lowest BCUT2D eigenvalue weighted by molar-refractivity contribution is -0.148. The fourth-order valence-corrected chi connectivity index (χ4v) is 3.05. The SMILES string of the molecule is CC[C@@]1([C@@H](C#N)C(=O)OC)C(=O)N(C(=O)OC)c2ccccc21. The molecule has 0 fully saturated rings. The predicted molar refractivity (Wildman–Crippen MR) is 79.4 cm³/mol. The van der Waals surface area contributed by atoms with Crippen LogP contribution < -0.4 is 4.90 Å². The zero-order valence-electron chi connectivity index (χ0n) is 13.0. The van der Waals surface area contributed by atoms with E-state index in [1.807, 2.05) is 6.07 Å². The van der Waals surface area contributed by atoms with E-state index >= 15 is 0 Å². The normalized spacial score (nSPS) is 20.4. The Balaban J connectivity index is 2.74. The Morgan fingerprint density at radius 2 is 1.96 bits per heavy atom. The quantitative estimate of drug-likeness (QED) is 0.788. The molecule has 1 aromatic rings. The summed E-state index contributed by atoms with van der Waals surface area (Å²) in [5, 5.41) is 9.47. The minimum absolute atomic E-state index is 0.156. The van der Waals surface area contributed by atoms with E-state index in [-0.39, 0.29) is 6.42 Å². The molecule has 0 radical (unpaired) electrons. The Bertz CT molecular complexity index is 709. The van der Waals surface area contributed by atoms with Crippen LogP contribution in [0.2, 0.25) is 0 Å². The van der Waals surface area contributed by atoms with Crippen molar-refractivity contribution in [1.29, 1.82) is 5.26 Å². The van der Waals surface area contributed by atoms with Crippen LogP contribution in [0.25, 0.3) is 0 Å². The summed E-state index contributed by atoms with van der Waals surface area (Å²) in [4.78, 5) is 38.0. The number of hydrogen-bond donors (Lipinski definition) is 0. The van der Waals surface area contributed by atoms with Gasteiger partial charge in [0, 0.05) is 0 Å². The van der Waals surface area contributed by atoms with Gasteiger partial charge in [-0.1, -0.05) is 25.1 Å². The standard InChI is InChI=1S/C16H16N2O5/c1-4-16(11(9-17)13(19)22-2)10-7-5-6-8-12(10)18(14(16)20)15(21)23-3/h5-8,11H,4H2,1-3H3/t11-,16+/m0/s1. The van der Waals surface area contributed by atoms with Gasteiger partial charge in [-0.25, -0.2) is 9.69 Å². The number of rotatable bonds is 3. The molecule has 0 spiro atoms. The van der Waals surface area contributed by atoms with Gasteiger partial charge in [-0.15, -0.1) is 0 Å². The average molecular weight is 316 g/mol. The highest BCUT2D eigenvalue weighted by molar-refractivity contribution is 6.22. The summed E-state index contributed by atoms with van der Waals surface area (Å²) in [5.74, 6) is -2.84. The number of amides is 2. The van der Waals surface area contributed by atoms with Crippen molar-refractivity contribution >= 4 is 23.7 Å². The maximum Gasteiger partial charge on any atom is 0.420 e. The number of esters is 1. The lowest BCUT2D eigenvalue weighted by Gasteiger charge is -2.29. The molecule has 0 aliphatic carbocycles. The molecule has 2 atom stereocenters. The van der Waals surface area contributed by atoms with E-state index in [1.54, 1.807) is 31.2 Å². The lowest BCUT2D eigenvalue weighted by Crippen LogP contribution is -2.49. The fraction of sp³-hybridized carbons (Fsp3) is 0.375. The Kier molecular flexibility index (Phi) is 4.36. The van der Waals surface area contributed by atoms with Crippen molar-refractivity contribution in [1.82, 2.24) is 0 Å². The highest BCUT2D eigenvalue weighted by Gasteiger charge is 2.59. The van der Waals surface area contributed by atoms with Crippen molar-refractivity contribution in [2.75, 3.05) is 19.1 Å². The summed E-state index contributed by atoms with van der Waals surface area (Å²) in [6.45, 7) is 1.68. The summed E-state index contributed by atoms with van der Waals surface area (Å²) in [5.41, 5.74) is -0.725. The largest absolute Gasteiger partial charge is 0.468 e. The van der Waals surface area contributed by atoms with Gasteiger partial charge in [0.2, 0.25) is 5.91 Å². The number of ether oxygens (including phenoxy) is 2. The molecule has 0 bridgehead atoms. The van der Waals surface area contributed by atoms with Crippen LogP contribution in [-0.4, -0.2) is 32.2 Å². The predicted octanol–water partition coefficient (Wildman–Crippen LogP) is 1.76. The minimum atomic E-state index is -1.48. The van der Waals surface area contributed by atoms with Crippen LogP contribution in [0, 0.1) is 17.2 Å². The molecular formula is C16H16N2O5. The summed E-state index contributed by atoms with van der Waals surface area (Å²) in [6.07, 6.45) is -0.705. The summed E-state index contributed by atoms with van der Waals surface area (Å²) in [7, 11) is 2.31. The first kappa shape index (κ1) is 16.5. The number of carbonyl (C=O) groups excluding carboxylic acids is 3. The Morgan fingerprint density at radius 1 is 1.30 bits per heavy atom. The van der Waals surface area contributed by atoms with Crippen molar-refractivity contribution in [2.24, 2.45) is 5.92 Å². The van der Waals surface area contributed by atoms with E-state index in [4.69, 9.17) is 0 Å². The molecule has 1 aliphatic heterocycles. The number of anilines is 1. The second-order valence-corrected chi connectivity index (χ2v) is 5.04. The molecule has 7 heteroatoms. The van der Waals surface area contributed by atoms with Crippen LogP contribution in [0.1, 0.15) is 18.9 Å². The minimum Gasteiger partial charge on any atom is -0.468 e. The van der Waals surface area contributed by atoms with Gasteiger partial charge >= 0.3 is 12.1 Å². The molecule has 0 unspecified atom stereocenters. The molecule has 0 N–H and O–H groups in total. The number of benzene rings is 1. The van der Waals surface area contributed by atoms with Gasteiger partial charge in [-0.3, -0.25) is 9.59 Å². The maximum absolute atomic E-state index is 13.0. The number of imide groups is 1. The van der Waals surface area contributed by atoms with Crippen LogP contribution in [0.3, 0.4) is 0 Å². The highest BCUT2D eigenvalue weighted by atomic mass is 16.5. The molecule has 1 aromatic carbocycles. The van der Waals surface area contributed by atoms with Gasteiger partial charge in [0.25, 0.3) is 0 Å². The highest BCUT2D eigenvalue weighted by Crippen LogP contribution is 2.48. The molecular weight excluding hydrogens is 300 g/mol. The van der Waals surface area contributed by atoms with Gasteiger partial charge in [-0.05, 0) is 18.1 Å². The number of nitrogens with zero attached hydrogens (tertiary/aromatic N) is 2. The third kappa shape index (κ3) is 2.14. The molecule has 2 rings (SSSR count). The first-order valence-corrected chi connectivity index (χ1v) is 6.99. The monoisotopic (exact) mass is 316 g/mol. The van der Waals surface area contributed by atoms with Gasteiger partial charge in [0.15, 0.2) is 5.92 Å². The molecule has 1 aliphatic rings. The van der Waals surface area contributed by atoms with E-state index in [2.05, 4.69) is 9.47 Å². The van der Waals surface area contributed by atoms with Crippen molar-refractivity contribution < 1.29 is 23.9 Å². The van der Waals surface area contributed by atoms with Crippen LogP contribution in [0.5, 0.6) is 0 Å². The number of fused-ring (bicyclic) bond motifs is 1. The molecule has 0 saturated heterocycles. The summed E-state index contributed by atoms with van der Waals surface area (Å²) < 4.78 is 9.35. The third-order valence-corrected chi connectivity index (χ3v) is 4.18. The Labute approximate surface area is 133 Å². The van der Waals surface area contributed by atoms with E-state index < -0.39 is 29.3 Å². The Hall–Kier alpha value is -2.88. The second kappa shape index (κ2) is 6.08. The number of nitriles is 1. The number of methoxy groups -OCH3 is 2. The first-order chi connectivity index (χ1) is 11.0. The molecule has 1 heterocycles. The molecule has 0 aromatic heterocycles. The van der Waals surface area contributed by atoms with Gasteiger partial charge < -0.3 is 9.47 Å². The van der Waals surface area contributed by atoms with Crippen molar-refractivity contribution in [3.05, 3.63) is 29.8 Å². The molecule has 23 heavy (non-hydrogen) atoms. The zero-order valence-corrected chi connectivity index (χ0v) is 13.0. The van der Waals surface area contributed by atoms with Gasteiger partial charge in [0.05, 0.1) is 26.0 Å². The van der Waals surface area contributed by atoms with Crippen LogP contribution in [0.15, 0.2) is 24.3 Å². The number of hydrogen-bond acceptors (Lipinski definition) is 6. The first-order valence-electron chi connectivity index (χ1n) is 6.99. The van der Waals surface area contributed by atoms with Crippen molar-refractivity contribution in [3.8, 4) is 6.07 Å². The van der Waals surface area contributed by atoms with Crippen LogP contribution in [0.4, 0.5) is 10.5 Å². The molecule has 2 amide bonds. The maximum atomic E-state index is 13.0. The molecule has 0 saturated carbocycles. The number of carbonyl (C=O) groups is 3. The van der Waals surface area contributed by atoms with Gasteiger partial charge in [0.1, 0.15) is 5.41 Å². The lowest BCUT2D eigenvalue weighted by atomic mass is 9.69. The smallest absolute Gasteiger partial charge is 0.420 e. The average Bonchev–Trinajstić information content (AvgIpc) is 2.84. The van der Waals surface area contributed by atoms with Crippen molar-refractivity contribution in [3.63, 3.8) is 0 Å². The summed E-state index contributed by atoms with van der Waals surface area (Å²) in [6, 6.07) is 8.41. The van der Waals surface area contributed by atoms with E-state index in [9.17, 15) is 19.6 Å². The second-order valence-electron chi connectivity index (χ2n) is 5.04. The van der Waals surface area contributed by atoms with E-state index in [0.29, 0.717) is 11.3 Å². The number of para-hydroxylation sites is 1. The Morgan fingerprint density at radius 3 is 2.48 bits per heavy atom. The zero-order chi connectivity index (χ0) is 17.2. The van der Waals surface area contributed by atoms with Crippen LogP contribution >= 0.6 is 0 Å². The fourth-order valence-electron chi connectivity index (χ4n) is 3.05.